The van der Waals surface area contributed by atoms with E-state index in [2.05, 4.69) is 0 Å². The van der Waals surface area contributed by atoms with Gasteiger partial charge in [-0.1, -0.05) is 20.8 Å². The smallest absolute Gasteiger partial charge is 0.303 e. The molecule has 0 saturated heterocycles. The Hall–Kier alpha value is -0.860. The maximum Gasteiger partial charge on any atom is 0.303 e. The number of carbonyl (C=O) groups is 2. The van der Waals surface area contributed by atoms with E-state index in [0.717, 1.165) is 0 Å². The lowest BCUT2D eigenvalue weighted by molar-refractivity contribution is -0.141. The van der Waals surface area contributed by atoms with Crippen molar-refractivity contribution >= 4 is 11.8 Å². The summed E-state index contributed by atoms with van der Waals surface area (Å²) in [6.07, 6.45) is 1.01. The molecule has 1 fully saturated rings. The van der Waals surface area contributed by atoms with Gasteiger partial charge in [0.15, 0.2) is 0 Å². The van der Waals surface area contributed by atoms with Gasteiger partial charge in [-0.15, -0.1) is 0 Å². The fraction of sp³-hybridized carbons (Fsp3) is 0.800. The molecule has 1 atom stereocenters. The molecular weight excluding hydrogens is 168 g/mol. The molecule has 1 unspecified atom stereocenters. The first kappa shape index (κ1) is 10.2. The van der Waals surface area contributed by atoms with Crippen LogP contribution >= 0.6 is 0 Å². The van der Waals surface area contributed by atoms with Crippen molar-refractivity contribution in [3.63, 3.8) is 0 Å². The second-order valence-electron chi connectivity index (χ2n) is 4.91. The van der Waals surface area contributed by atoms with Crippen LogP contribution in [0, 0.1) is 10.8 Å². The second kappa shape index (κ2) is 2.82. The summed E-state index contributed by atoms with van der Waals surface area (Å²) in [5.41, 5.74) is -0.543. The van der Waals surface area contributed by atoms with Crippen LogP contribution in [0.1, 0.15) is 40.0 Å². The van der Waals surface area contributed by atoms with Crippen LogP contribution in [0.2, 0.25) is 0 Å². The molecule has 0 aromatic heterocycles. The van der Waals surface area contributed by atoms with Crippen molar-refractivity contribution in [2.75, 3.05) is 0 Å². The minimum atomic E-state index is -0.815. The lowest BCUT2D eigenvalue weighted by Crippen LogP contribution is -2.31. The highest BCUT2D eigenvalue weighted by molar-refractivity contribution is 5.84. The zero-order chi connectivity index (χ0) is 10.3. The van der Waals surface area contributed by atoms with Crippen LogP contribution < -0.4 is 0 Å². The molecule has 13 heavy (non-hydrogen) atoms. The van der Waals surface area contributed by atoms with Crippen molar-refractivity contribution in [1.82, 2.24) is 0 Å². The Labute approximate surface area is 78.1 Å². The number of carbonyl (C=O) groups excluding carboxylic acids is 1. The average molecular weight is 184 g/mol. The summed E-state index contributed by atoms with van der Waals surface area (Å²) in [6.45, 7) is 5.84. The summed E-state index contributed by atoms with van der Waals surface area (Å²) in [7, 11) is 0. The number of hydrogen-bond donors (Lipinski definition) is 1. The van der Waals surface area contributed by atoms with Gasteiger partial charge in [-0.25, -0.2) is 0 Å². The molecular formula is C10H16O3. The molecule has 3 heteroatoms. The van der Waals surface area contributed by atoms with Crippen LogP contribution in [0.15, 0.2) is 0 Å². The number of rotatable bonds is 2. The highest BCUT2D eigenvalue weighted by atomic mass is 16.4. The Balaban J connectivity index is 2.88. The molecule has 0 spiro atoms. The minimum absolute atomic E-state index is 0.0890. The number of carboxylic acids is 1. The van der Waals surface area contributed by atoms with Gasteiger partial charge in [-0.3, -0.25) is 9.59 Å². The van der Waals surface area contributed by atoms with Gasteiger partial charge in [0, 0.05) is 12.8 Å². The van der Waals surface area contributed by atoms with E-state index < -0.39 is 5.97 Å². The fourth-order valence-electron chi connectivity index (χ4n) is 2.08. The van der Waals surface area contributed by atoms with Crippen LogP contribution in [0.4, 0.5) is 0 Å². The number of Topliss-reactive ketones (excluding diaryl/α,β-unsaturated/α-hetero) is 1. The van der Waals surface area contributed by atoms with E-state index in [9.17, 15) is 9.59 Å². The third-order valence-electron chi connectivity index (χ3n) is 3.40. The fourth-order valence-corrected chi connectivity index (χ4v) is 2.08. The Morgan fingerprint density at radius 2 is 1.92 bits per heavy atom. The Morgan fingerprint density at radius 3 is 2.23 bits per heavy atom. The molecule has 1 saturated carbocycles. The van der Waals surface area contributed by atoms with Gasteiger partial charge < -0.3 is 5.11 Å². The summed E-state index contributed by atoms with van der Waals surface area (Å²) in [5, 5.41) is 8.75. The Morgan fingerprint density at radius 1 is 1.38 bits per heavy atom. The molecule has 0 amide bonds. The first-order valence-electron chi connectivity index (χ1n) is 4.50. The van der Waals surface area contributed by atoms with Crippen molar-refractivity contribution in [3.05, 3.63) is 0 Å². The van der Waals surface area contributed by atoms with E-state index >= 15 is 0 Å². The second-order valence-corrected chi connectivity index (χ2v) is 4.91. The van der Waals surface area contributed by atoms with Crippen LogP contribution in [0.5, 0.6) is 0 Å². The molecule has 1 aliphatic rings. The first-order chi connectivity index (χ1) is 5.77. The lowest BCUT2D eigenvalue weighted by atomic mass is 9.67. The molecule has 0 aromatic rings. The third-order valence-corrected chi connectivity index (χ3v) is 3.40. The highest BCUT2D eigenvalue weighted by Gasteiger charge is 2.50. The predicted octanol–water partition coefficient (Wildman–Crippen LogP) is 1.86. The van der Waals surface area contributed by atoms with Gasteiger partial charge in [-0.2, -0.15) is 0 Å². The molecule has 1 rings (SSSR count). The zero-order valence-electron chi connectivity index (χ0n) is 8.39. The number of aliphatic carboxylic acids is 1. The predicted molar refractivity (Wildman–Crippen MR) is 48.4 cm³/mol. The van der Waals surface area contributed by atoms with Crippen molar-refractivity contribution in [3.8, 4) is 0 Å². The maximum absolute atomic E-state index is 11.3. The van der Waals surface area contributed by atoms with E-state index in [4.69, 9.17) is 5.11 Å². The van der Waals surface area contributed by atoms with Crippen LogP contribution in [-0.4, -0.2) is 16.9 Å². The van der Waals surface area contributed by atoms with E-state index in [-0.39, 0.29) is 23.0 Å². The summed E-state index contributed by atoms with van der Waals surface area (Å²) in [5.74, 6) is -0.626. The minimum Gasteiger partial charge on any atom is -0.481 e. The van der Waals surface area contributed by atoms with Crippen molar-refractivity contribution < 1.29 is 14.7 Å². The lowest BCUT2D eigenvalue weighted by Gasteiger charge is -2.36. The van der Waals surface area contributed by atoms with Crippen LogP contribution in [-0.2, 0) is 9.59 Å². The van der Waals surface area contributed by atoms with Crippen molar-refractivity contribution in [2.45, 2.75) is 40.0 Å². The molecule has 1 N–H and O–H groups in total. The molecule has 1 aliphatic carbocycles. The Kier molecular flexibility index (Phi) is 2.22. The third kappa shape index (κ3) is 1.74. The first-order valence-corrected chi connectivity index (χ1v) is 4.50. The van der Waals surface area contributed by atoms with E-state index in [1.807, 2.05) is 20.8 Å². The summed E-state index contributed by atoms with van der Waals surface area (Å²) >= 11 is 0. The standard InChI is InChI=1S/C10H16O3/c1-9(2)4-7(11)5-10(9,3)6-8(12)13/h4-6H2,1-3H3,(H,12,13). The molecule has 0 aliphatic heterocycles. The molecule has 3 nitrogen and oxygen atoms in total. The van der Waals surface area contributed by atoms with Gasteiger partial charge in [-0.05, 0) is 10.8 Å². The SMILES string of the molecule is CC1(C)CC(=O)CC1(C)CC(=O)O. The van der Waals surface area contributed by atoms with Crippen molar-refractivity contribution in [1.29, 1.82) is 0 Å². The van der Waals surface area contributed by atoms with Crippen molar-refractivity contribution in [2.24, 2.45) is 10.8 Å². The summed E-state index contributed by atoms with van der Waals surface area (Å²) in [6, 6.07) is 0. The average Bonchev–Trinajstić information content (AvgIpc) is 1.97. The molecule has 0 bridgehead atoms. The number of hydrogen-bond acceptors (Lipinski definition) is 2. The highest BCUT2D eigenvalue weighted by Crippen LogP contribution is 2.52. The molecule has 0 heterocycles. The quantitative estimate of drug-likeness (QED) is 0.712. The molecule has 74 valence electrons. The largest absolute Gasteiger partial charge is 0.481 e. The van der Waals surface area contributed by atoms with Gasteiger partial charge in [0.25, 0.3) is 0 Å². The maximum atomic E-state index is 11.3. The van der Waals surface area contributed by atoms with E-state index in [1.54, 1.807) is 0 Å². The van der Waals surface area contributed by atoms with Gasteiger partial charge in [0.2, 0.25) is 0 Å². The number of carboxylic acid groups (broad SMARTS) is 1. The van der Waals surface area contributed by atoms with Crippen LogP contribution in [0.25, 0.3) is 0 Å². The van der Waals surface area contributed by atoms with Gasteiger partial charge >= 0.3 is 5.97 Å². The monoisotopic (exact) mass is 184 g/mol. The number of ketones is 1. The normalized spacial score (nSPS) is 32.1. The summed E-state index contributed by atoms with van der Waals surface area (Å²) < 4.78 is 0. The molecule has 0 aromatic carbocycles. The van der Waals surface area contributed by atoms with Gasteiger partial charge in [0.1, 0.15) is 5.78 Å². The summed E-state index contributed by atoms with van der Waals surface area (Å²) in [4.78, 5) is 21.9. The van der Waals surface area contributed by atoms with E-state index in [1.165, 1.54) is 0 Å². The van der Waals surface area contributed by atoms with E-state index in [0.29, 0.717) is 12.8 Å². The zero-order valence-corrected chi connectivity index (χ0v) is 8.39. The van der Waals surface area contributed by atoms with Gasteiger partial charge in [0.05, 0.1) is 6.42 Å². The topological polar surface area (TPSA) is 54.4 Å². The van der Waals surface area contributed by atoms with Crippen LogP contribution in [0.3, 0.4) is 0 Å². The Bertz CT molecular complexity index is 255. The molecule has 0 radical (unpaired) electrons.